The maximum absolute atomic E-state index is 12.6. The van der Waals surface area contributed by atoms with Gasteiger partial charge in [0.2, 0.25) is 0 Å². The Kier molecular flexibility index (Phi) is 6.01. The van der Waals surface area contributed by atoms with Crippen LogP contribution in [0.25, 0.3) is 0 Å². The summed E-state index contributed by atoms with van der Waals surface area (Å²) in [5.74, 6) is 0.678. The second-order valence-corrected chi connectivity index (χ2v) is 8.51. The molecular formula is C20H24N2O4S. The Morgan fingerprint density at radius 1 is 1.15 bits per heavy atom. The van der Waals surface area contributed by atoms with Gasteiger partial charge in [-0.1, -0.05) is 18.2 Å². The largest absolute Gasteiger partial charge is 0.494 e. The molecular weight excluding hydrogens is 364 g/mol. The molecule has 3 rings (SSSR count). The average Bonchev–Trinajstić information content (AvgIpc) is 3.12. The summed E-state index contributed by atoms with van der Waals surface area (Å²) in [5.41, 5.74) is 0.653. The number of anilines is 1. The van der Waals surface area contributed by atoms with Gasteiger partial charge in [0.25, 0.3) is 0 Å². The monoisotopic (exact) mass is 388 g/mol. The number of rotatable bonds is 6. The Morgan fingerprint density at radius 3 is 2.52 bits per heavy atom. The Balaban J connectivity index is 1.66. The predicted molar refractivity (Wildman–Crippen MR) is 105 cm³/mol. The highest BCUT2D eigenvalue weighted by atomic mass is 32.2. The Labute approximate surface area is 160 Å². The van der Waals surface area contributed by atoms with Crippen molar-refractivity contribution in [3.8, 4) is 5.75 Å². The maximum atomic E-state index is 12.6. The highest BCUT2D eigenvalue weighted by Crippen LogP contribution is 2.23. The standard InChI is InChI=1S/C20H24N2O4S/c1-2-26-18-12-10-16(11-13-18)21-20(23)22-14-6-7-17(22)15-27(24,25)19-8-4-3-5-9-19/h3-5,8-13,17H,2,6-7,14-15H2,1H3,(H,21,23). The second-order valence-electron chi connectivity index (χ2n) is 6.47. The average molecular weight is 388 g/mol. The smallest absolute Gasteiger partial charge is 0.322 e. The zero-order chi connectivity index (χ0) is 19.3. The van der Waals surface area contributed by atoms with E-state index in [2.05, 4.69) is 5.32 Å². The highest BCUT2D eigenvalue weighted by molar-refractivity contribution is 7.91. The molecule has 6 nitrogen and oxygen atoms in total. The minimum Gasteiger partial charge on any atom is -0.494 e. The van der Waals surface area contributed by atoms with Crippen molar-refractivity contribution in [3.05, 3.63) is 54.6 Å². The molecule has 1 unspecified atom stereocenters. The normalized spacial score (nSPS) is 16.9. The van der Waals surface area contributed by atoms with E-state index >= 15 is 0 Å². The van der Waals surface area contributed by atoms with E-state index in [0.29, 0.717) is 30.2 Å². The van der Waals surface area contributed by atoms with Crippen molar-refractivity contribution in [3.63, 3.8) is 0 Å². The molecule has 1 aliphatic rings. The van der Waals surface area contributed by atoms with Crippen molar-refractivity contribution in [1.29, 1.82) is 0 Å². The molecule has 0 bridgehead atoms. The number of hydrogen-bond acceptors (Lipinski definition) is 4. The molecule has 2 aromatic carbocycles. The number of nitrogens with one attached hydrogen (secondary N) is 1. The van der Waals surface area contributed by atoms with Crippen LogP contribution in [0.15, 0.2) is 59.5 Å². The van der Waals surface area contributed by atoms with Crippen LogP contribution in [0.2, 0.25) is 0 Å². The second kappa shape index (κ2) is 8.43. The van der Waals surface area contributed by atoms with Crippen LogP contribution in [0, 0.1) is 0 Å². The first kappa shape index (κ1) is 19.2. The van der Waals surface area contributed by atoms with Gasteiger partial charge in [-0.05, 0) is 56.2 Å². The fraction of sp³-hybridized carbons (Fsp3) is 0.350. The van der Waals surface area contributed by atoms with Crippen molar-refractivity contribution < 1.29 is 17.9 Å². The van der Waals surface area contributed by atoms with Crippen LogP contribution in [0.3, 0.4) is 0 Å². The number of hydrogen-bond donors (Lipinski definition) is 1. The summed E-state index contributed by atoms with van der Waals surface area (Å²) in [5, 5.41) is 2.85. The summed E-state index contributed by atoms with van der Waals surface area (Å²) in [6, 6.07) is 14.9. The van der Waals surface area contributed by atoms with E-state index in [-0.39, 0.29) is 17.8 Å². The fourth-order valence-electron chi connectivity index (χ4n) is 3.25. The molecule has 144 valence electrons. The van der Waals surface area contributed by atoms with Crippen LogP contribution in [0.1, 0.15) is 19.8 Å². The number of carbonyl (C=O) groups is 1. The summed E-state index contributed by atoms with van der Waals surface area (Å²) in [6.45, 7) is 3.04. The van der Waals surface area contributed by atoms with E-state index in [1.165, 1.54) is 0 Å². The first-order chi connectivity index (χ1) is 13.0. The molecule has 1 aliphatic heterocycles. The van der Waals surface area contributed by atoms with Crippen molar-refractivity contribution in [1.82, 2.24) is 4.90 Å². The van der Waals surface area contributed by atoms with E-state index < -0.39 is 9.84 Å². The van der Waals surface area contributed by atoms with Gasteiger partial charge in [0.15, 0.2) is 9.84 Å². The van der Waals surface area contributed by atoms with Crippen molar-refractivity contribution in [2.24, 2.45) is 0 Å². The van der Waals surface area contributed by atoms with E-state index in [4.69, 9.17) is 4.74 Å². The topological polar surface area (TPSA) is 75.7 Å². The zero-order valence-electron chi connectivity index (χ0n) is 15.3. The van der Waals surface area contributed by atoms with Crippen LogP contribution in [-0.4, -0.2) is 44.3 Å². The molecule has 7 heteroatoms. The lowest BCUT2D eigenvalue weighted by Crippen LogP contribution is -2.42. The highest BCUT2D eigenvalue weighted by Gasteiger charge is 2.33. The molecule has 1 atom stereocenters. The van der Waals surface area contributed by atoms with Crippen molar-refractivity contribution >= 4 is 21.6 Å². The van der Waals surface area contributed by atoms with Gasteiger partial charge in [0.1, 0.15) is 5.75 Å². The van der Waals surface area contributed by atoms with Crippen molar-refractivity contribution in [2.75, 3.05) is 24.2 Å². The zero-order valence-corrected chi connectivity index (χ0v) is 16.1. The quantitative estimate of drug-likeness (QED) is 0.821. The summed E-state index contributed by atoms with van der Waals surface area (Å²) in [6.07, 6.45) is 1.48. The van der Waals surface area contributed by atoms with Crippen LogP contribution >= 0.6 is 0 Å². The molecule has 1 saturated heterocycles. The molecule has 0 spiro atoms. The van der Waals surface area contributed by atoms with Gasteiger partial charge in [-0.25, -0.2) is 13.2 Å². The maximum Gasteiger partial charge on any atom is 0.322 e. The molecule has 1 N–H and O–H groups in total. The minimum absolute atomic E-state index is 0.0618. The number of carbonyl (C=O) groups excluding carboxylic acids is 1. The van der Waals surface area contributed by atoms with Crippen LogP contribution in [0.5, 0.6) is 5.75 Å². The molecule has 1 heterocycles. The van der Waals surface area contributed by atoms with E-state index in [0.717, 1.165) is 12.2 Å². The predicted octanol–water partition coefficient (Wildman–Crippen LogP) is 3.56. The lowest BCUT2D eigenvalue weighted by Gasteiger charge is -2.25. The van der Waals surface area contributed by atoms with Crippen LogP contribution in [0.4, 0.5) is 10.5 Å². The third-order valence-corrected chi connectivity index (χ3v) is 6.38. The SMILES string of the molecule is CCOc1ccc(NC(=O)N2CCCC2CS(=O)(=O)c2ccccc2)cc1. The van der Waals surface area contributed by atoms with Crippen molar-refractivity contribution in [2.45, 2.75) is 30.7 Å². The number of nitrogens with zero attached hydrogens (tertiary/aromatic N) is 1. The number of ether oxygens (including phenoxy) is 1. The van der Waals surface area contributed by atoms with Crippen LogP contribution < -0.4 is 10.1 Å². The van der Waals surface area contributed by atoms with Gasteiger partial charge in [-0.2, -0.15) is 0 Å². The molecule has 0 saturated carbocycles. The number of likely N-dealkylation sites (tertiary alicyclic amines) is 1. The van der Waals surface area contributed by atoms with Gasteiger partial charge in [0.05, 0.1) is 17.3 Å². The number of urea groups is 1. The third kappa shape index (κ3) is 4.80. The molecule has 2 aromatic rings. The van der Waals surface area contributed by atoms with E-state index in [1.54, 1.807) is 59.5 Å². The third-order valence-electron chi connectivity index (χ3n) is 4.57. The number of amides is 2. The molecule has 0 aliphatic carbocycles. The van der Waals surface area contributed by atoms with E-state index in [1.807, 2.05) is 6.92 Å². The summed E-state index contributed by atoms with van der Waals surface area (Å²) < 4.78 is 30.7. The Morgan fingerprint density at radius 2 is 1.85 bits per heavy atom. The van der Waals surface area contributed by atoms with Gasteiger partial charge in [-0.15, -0.1) is 0 Å². The Bertz CT molecular complexity index is 867. The summed E-state index contributed by atoms with van der Waals surface area (Å²) in [4.78, 5) is 14.6. The number of sulfone groups is 1. The minimum atomic E-state index is -3.43. The summed E-state index contributed by atoms with van der Waals surface area (Å²) >= 11 is 0. The molecule has 1 fully saturated rings. The first-order valence-electron chi connectivity index (χ1n) is 9.08. The fourth-order valence-corrected chi connectivity index (χ4v) is 4.87. The van der Waals surface area contributed by atoms with Gasteiger partial charge in [-0.3, -0.25) is 0 Å². The van der Waals surface area contributed by atoms with Gasteiger partial charge < -0.3 is 15.0 Å². The molecule has 0 radical (unpaired) electrons. The molecule has 0 aromatic heterocycles. The lowest BCUT2D eigenvalue weighted by molar-refractivity contribution is 0.210. The van der Waals surface area contributed by atoms with Gasteiger partial charge >= 0.3 is 6.03 Å². The first-order valence-corrected chi connectivity index (χ1v) is 10.7. The van der Waals surface area contributed by atoms with E-state index in [9.17, 15) is 13.2 Å². The molecule has 27 heavy (non-hydrogen) atoms. The summed E-state index contributed by atoms with van der Waals surface area (Å²) in [7, 11) is -3.43. The van der Waals surface area contributed by atoms with Gasteiger partial charge in [0, 0.05) is 18.3 Å². The Hall–Kier alpha value is -2.54. The van der Waals surface area contributed by atoms with Crippen LogP contribution in [-0.2, 0) is 9.84 Å². The lowest BCUT2D eigenvalue weighted by atomic mass is 10.2. The molecule has 2 amide bonds. The number of benzene rings is 2.